The van der Waals surface area contributed by atoms with E-state index in [0.29, 0.717) is 32.5 Å². The molecule has 14 heteroatoms. The van der Waals surface area contributed by atoms with Gasteiger partial charge in [-0.2, -0.15) is 0 Å². The molecule has 42 heavy (non-hydrogen) atoms. The average Bonchev–Trinajstić information content (AvgIpc) is 3.46. The Hall–Kier alpha value is -1.34. The van der Waals surface area contributed by atoms with Crippen LogP contribution in [0.2, 0.25) is 0 Å². The highest BCUT2D eigenvalue weighted by molar-refractivity contribution is 8.16. The van der Waals surface area contributed by atoms with Gasteiger partial charge in [0, 0.05) is 46.0 Å². The predicted molar refractivity (Wildman–Crippen MR) is 167 cm³/mol. The maximum atomic E-state index is 14.1. The van der Waals surface area contributed by atoms with Crippen molar-refractivity contribution in [1.82, 2.24) is 18.8 Å². The zero-order chi connectivity index (χ0) is 31.7. The topological polar surface area (TPSA) is 96.9 Å². The van der Waals surface area contributed by atoms with Crippen LogP contribution >= 0.6 is 23.8 Å². The molecule has 10 nitrogen and oxygen atoms in total. The Bertz CT molecular complexity index is 1440. The minimum Gasteiger partial charge on any atom is -0.381 e. The van der Waals surface area contributed by atoms with Crippen LogP contribution in [0, 0.1) is 28.6 Å². The number of nitrogens with zero attached hydrogens (tertiary/aromatic N) is 4. The Morgan fingerprint density at radius 1 is 1.10 bits per heavy atom. The van der Waals surface area contributed by atoms with Crippen LogP contribution in [-0.2, 0) is 36.0 Å². The van der Waals surface area contributed by atoms with Crippen molar-refractivity contribution < 1.29 is 17.9 Å². The molecule has 1 aromatic heterocycles. The summed E-state index contributed by atoms with van der Waals surface area (Å²) in [6, 6.07) is 0. The molecular weight excluding hydrogens is 574 g/mol. The lowest BCUT2D eigenvalue weighted by Crippen LogP contribution is -2.79. The van der Waals surface area contributed by atoms with Gasteiger partial charge in [0.05, 0.1) is 36.3 Å². The first-order valence-corrected chi connectivity index (χ1v) is 16.5. The molecule has 2 radical (unpaired) electrons. The van der Waals surface area contributed by atoms with E-state index in [-0.39, 0.29) is 52.7 Å². The largest absolute Gasteiger partial charge is 0.381 e. The summed E-state index contributed by atoms with van der Waals surface area (Å²) >= 11 is 1.94. The average molecular weight is 620 g/mol. The van der Waals surface area contributed by atoms with E-state index >= 15 is 0 Å². The smallest absolute Gasteiger partial charge is 0.347 e. The number of aromatic nitrogens is 3. The molecule has 0 N–H and O–H groups in total. The van der Waals surface area contributed by atoms with Gasteiger partial charge in [0.2, 0.25) is 20.1 Å². The van der Waals surface area contributed by atoms with E-state index in [1.807, 2.05) is 0 Å². The second-order valence-electron chi connectivity index (χ2n) is 13.6. The van der Waals surface area contributed by atoms with Gasteiger partial charge in [-0.1, -0.05) is 49.8 Å². The highest BCUT2D eigenvalue weighted by atomic mass is 32.2. The number of ether oxygens (including phenoxy) is 1. The molecule has 2 spiro atoms. The van der Waals surface area contributed by atoms with E-state index in [1.165, 1.54) is 11.7 Å². The SMILES string of the molecule is [3H][B]SO[C@H]1C[C@H](OS[B][3H])[C@]2(C)C3CC[C@@]4(C)C(CC[C@@H]4COCCC(=O)N(C)C)[C@@]34C=C[C@]2(C1)n1c(=O)n(C)c(=O)n14. The number of fused-ring (bicyclic) bond motifs is 1. The standard InChI is InChI=1S/C28H42B2N4O6S2/c1-25-10-8-20-26(2)21(40-42-30)14-18(39-41-29)15-27(26)11-12-28(20,34-24(37)32(5)23(36)33(27)34)19(25)7-6-17(25)16-38-13-9-22(35)31(3)4/h11-12,17-21,29-30H,6-10,13-16H2,1-5H3/t17-,18+,19?,20?,21+,25-,26+,27-,28+/m1/s1/i29T,30T. The maximum Gasteiger partial charge on any atom is 0.347 e. The molecule has 9 atom stereocenters. The van der Waals surface area contributed by atoms with Gasteiger partial charge in [-0.3, -0.25) is 4.79 Å². The van der Waals surface area contributed by atoms with Crippen LogP contribution in [0.3, 0.4) is 0 Å². The Kier molecular flexibility index (Phi) is 7.13. The second kappa shape index (κ2) is 10.6. The van der Waals surface area contributed by atoms with Gasteiger partial charge in [-0.15, -0.1) is 0 Å². The Balaban J connectivity index is 1.44. The van der Waals surface area contributed by atoms with E-state index in [4.69, 9.17) is 15.8 Å². The minimum atomic E-state index is -0.885. The third kappa shape index (κ3) is 3.83. The summed E-state index contributed by atoms with van der Waals surface area (Å²) in [4.78, 5) is 41.9. The number of rotatable bonds is 11. The van der Waals surface area contributed by atoms with Gasteiger partial charge in [-0.05, 0) is 51.5 Å². The maximum absolute atomic E-state index is 14.1. The van der Waals surface area contributed by atoms with E-state index in [9.17, 15) is 14.4 Å². The first-order chi connectivity index (χ1) is 20.9. The highest BCUT2D eigenvalue weighted by Gasteiger charge is 2.77. The molecule has 7 rings (SSSR count). The van der Waals surface area contributed by atoms with Crippen LogP contribution in [0.15, 0.2) is 21.7 Å². The summed E-state index contributed by atoms with van der Waals surface area (Å²) < 4.78 is 38.5. The van der Waals surface area contributed by atoms with Crippen molar-refractivity contribution in [1.29, 1.82) is 2.67 Å². The number of hydrogen-bond acceptors (Lipinski definition) is 8. The molecule has 3 fully saturated rings. The van der Waals surface area contributed by atoms with E-state index in [2.05, 4.69) is 26.0 Å². The third-order valence-corrected chi connectivity index (χ3v) is 12.8. The number of amides is 1. The molecule has 0 aromatic carbocycles. The molecule has 3 saturated carbocycles. The quantitative estimate of drug-likeness (QED) is 0.160. The summed E-state index contributed by atoms with van der Waals surface area (Å²) in [7, 11) is 7.38. The molecule has 2 bridgehead atoms. The molecule has 2 aliphatic heterocycles. The van der Waals surface area contributed by atoms with Crippen molar-refractivity contribution in [2.75, 3.05) is 27.3 Å². The minimum absolute atomic E-state index is 0.00244. The molecule has 0 saturated heterocycles. The first-order valence-electron chi connectivity index (χ1n) is 16.0. The Labute approximate surface area is 261 Å². The monoisotopic (exact) mass is 620 g/mol. The fourth-order valence-electron chi connectivity index (χ4n) is 10.1. The molecule has 6 aliphatic rings. The van der Waals surface area contributed by atoms with Gasteiger partial charge < -0.3 is 18.0 Å². The lowest BCUT2D eigenvalue weighted by molar-refractivity contribution is -0.228. The summed E-state index contributed by atoms with van der Waals surface area (Å²) in [5.41, 5.74) is -2.99. The van der Waals surface area contributed by atoms with Gasteiger partial charge >= 0.3 is 11.4 Å². The van der Waals surface area contributed by atoms with Crippen molar-refractivity contribution in [3.8, 4) is 0 Å². The number of allylic oxidation sites excluding steroid dienone is 2. The summed E-state index contributed by atoms with van der Waals surface area (Å²) in [6.07, 6.45) is 8.71. The number of carbonyl (C=O) groups excluding carboxylic acids is 1. The molecule has 1 amide bonds. The van der Waals surface area contributed by atoms with E-state index < -0.39 is 16.5 Å². The molecule has 1 aromatic rings. The van der Waals surface area contributed by atoms with Crippen LogP contribution < -0.4 is 11.4 Å². The lowest BCUT2D eigenvalue weighted by Gasteiger charge is -2.72. The van der Waals surface area contributed by atoms with Gasteiger partial charge in [0.25, 0.3) is 0 Å². The Morgan fingerprint density at radius 3 is 2.57 bits per heavy atom. The molecular formula is C28H42B2N4O6S2. The Morgan fingerprint density at radius 2 is 1.83 bits per heavy atom. The van der Waals surface area contributed by atoms with Crippen molar-refractivity contribution in [3.63, 3.8) is 0 Å². The van der Waals surface area contributed by atoms with Crippen molar-refractivity contribution in [2.24, 2.45) is 35.6 Å². The molecule has 228 valence electrons. The molecule has 3 heterocycles. The van der Waals surface area contributed by atoms with Crippen LogP contribution in [0.4, 0.5) is 0 Å². The van der Waals surface area contributed by atoms with E-state index in [1.54, 1.807) is 35.4 Å². The van der Waals surface area contributed by atoms with Crippen molar-refractivity contribution >= 4 is 43.9 Å². The first kappa shape index (κ1) is 28.2. The summed E-state index contributed by atoms with van der Waals surface area (Å²) in [5.74, 6) is 0.389. The summed E-state index contributed by atoms with van der Waals surface area (Å²) in [5, 5.41) is 0. The van der Waals surface area contributed by atoms with Gasteiger partial charge in [-0.25, -0.2) is 23.5 Å². The van der Waals surface area contributed by atoms with Crippen LogP contribution in [-0.4, -0.2) is 81.1 Å². The van der Waals surface area contributed by atoms with Crippen molar-refractivity contribution in [2.45, 2.75) is 82.1 Å². The van der Waals surface area contributed by atoms with Crippen LogP contribution in [0.5, 0.6) is 0 Å². The van der Waals surface area contributed by atoms with E-state index in [0.717, 1.165) is 56.6 Å². The zero-order valence-corrected chi connectivity index (χ0v) is 26.7. The zero-order valence-electron chi connectivity index (χ0n) is 27.1. The summed E-state index contributed by atoms with van der Waals surface area (Å²) in [6.45, 7) is 5.49. The fourth-order valence-corrected chi connectivity index (χ4v) is 10.8. The van der Waals surface area contributed by atoms with Crippen LogP contribution in [0.25, 0.3) is 0 Å². The fraction of sp³-hybridized carbons (Fsp3) is 0.821. The predicted octanol–water partition coefficient (Wildman–Crippen LogP) is 1.76. The van der Waals surface area contributed by atoms with Gasteiger partial charge in [0.1, 0.15) is 0 Å². The van der Waals surface area contributed by atoms with Crippen LogP contribution in [0.1, 0.15) is 58.8 Å². The third-order valence-electron chi connectivity index (χ3n) is 12.1. The molecule has 2 unspecified atom stereocenters. The number of carbonyl (C=O) groups is 1. The van der Waals surface area contributed by atoms with Crippen molar-refractivity contribution in [3.05, 3.63) is 33.1 Å². The number of hydrogen-bond donors (Lipinski definition) is 0. The molecule has 4 aliphatic carbocycles. The van der Waals surface area contributed by atoms with Gasteiger partial charge in [0.15, 0.2) is 0 Å². The second-order valence-corrected chi connectivity index (χ2v) is 14.4. The normalized spacial score (nSPS) is 41.7. The lowest BCUT2D eigenvalue weighted by atomic mass is 9.40. The highest BCUT2D eigenvalue weighted by Crippen LogP contribution is 2.74.